The number of hydrogen-bond donors (Lipinski definition) is 1. The number of carbonyl (C=O) groups is 1. The topological polar surface area (TPSA) is 37.3 Å². The summed E-state index contributed by atoms with van der Waals surface area (Å²) in [4.78, 5) is 9.89. The van der Waals surface area contributed by atoms with Gasteiger partial charge in [-0.15, -0.1) is 0 Å². The molecule has 0 aliphatic rings. The summed E-state index contributed by atoms with van der Waals surface area (Å²) in [7, 11) is 0. The zero-order valence-corrected chi connectivity index (χ0v) is 5.37. The van der Waals surface area contributed by atoms with Gasteiger partial charge in [-0.1, -0.05) is 24.3 Å². The lowest BCUT2D eigenvalue weighted by atomic mass is 10.3. The first kappa shape index (κ1) is 7.95. The highest BCUT2D eigenvalue weighted by Crippen LogP contribution is 1.82. The Balaban J connectivity index is 3.36. The Kier molecular flexibility index (Phi) is 4.50. The molecular formula is C7H10O2. The van der Waals surface area contributed by atoms with E-state index in [1.807, 2.05) is 13.0 Å². The molecule has 2 heteroatoms. The van der Waals surface area contributed by atoms with E-state index in [-0.39, 0.29) is 6.42 Å². The second-order valence-corrected chi connectivity index (χ2v) is 1.55. The van der Waals surface area contributed by atoms with Crippen LogP contribution in [0.5, 0.6) is 0 Å². The van der Waals surface area contributed by atoms with Gasteiger partial charge in [0.15, 0.2) is 0 Å². The van der Waals surface area contributed by atoms with E-state index in [0.717, 1.165) is 0 Å². The summed E-state index contributed by atoms with van der Waals surface area (Å²) in [5, 5.41) is 8.14. The fraction of sp³-hybridized carbons (Fsp3) is 0.286. The monoisotopic (exact) mass is 126 g/mol. The van der Waals surface area contributed by atoms with Gasteiger partial charge >= 0.3 is 5.97 Å². The van der Waals surface area contributed by atoms with Crippen LogP contribution >= 0.6 is 0 Å². The van der Waals surface area contributed by atoms with Crippen molar-refractivity contribution in [3.8, 4) is 0 Å². The van der Waals surface area contributed by atoms with Gasteiger partial charge in [-0.3, -0.25) is 4.79 Å². The lowest BCUT2D eigenvalue weighted by molar-refractivity contribution is -0.135. The van der Waals surface area contributed by atoms with Gasteiger partial charge in [-0.05, 0) is 6.92 Å². The van der Waals surface area contributed by atoms with Crippen LogP contribution in [0.25, 0.3) is 0 Å². The van der Waals surface area contributed by atoms with Crippen molar-refractivity contribution in [2.45, 2.75) is 13.3 Å². The van der Waals surface area contributed by atoms with Gasteiger partial charge in [-0.2, -0.15) is 0 Å². The predicted octanol–water partition coefficient (Wildman–Crippen LogP) is 1.59. The summed E-state index contributed by atoms with van der Waals surface area (Å²) in [6.07, 6.45) is 7.06. The maximum Gasteiger partial charge on any atom is 0.307 e. The van der Waals surface area contributed by atoms with E-state index >= 15 is 0 Å². The lowest BCUT2D eigenvalue weighted by Crippen LogP contribution is -1.89. The Hall–Kier alpha value is -1.05. The first-order chi connectivity index (χ1) is 4.27. The highest BCUT2D eigenvalue weighted by atomic mass is 16.4. The molecule has 0 aliphatic carbocycles. The van der Waals surface area contributed by atoms with Crippen molar-refractivity contribution in [1.29, 1.82) is 0 Å². The molecule has 0 atom stereocenters. The van der Waals surface area contributed by atoms with Crippen LogP contribution < -0.4 is 0 Å². The van der Waals surface area contributed by atoms with Crippen LogP contribution in [0.15, 0.2) is 24.3 Å². The third-order valence-electron chi connectivity index (χ3n) is 0.732. The minimum absolute atomic E-state index is 0.102. The standard InChI is InChI=1S/C7H10O2/c1-2-3-4-5-6-7(8)9/h2-5H,6H2,1H3,(H,8,9)/b3-2-,5-4+. The van der Waals surface area contributed by atoms with Gasteiger partial charge in [0.05, 0.1) is 6.42 Å². The highest BCUT2D eigenvalue weighted by Gasteiger charge is 1.86. The molecule has 0 radical (unpaired) electrons. The van der Waals surface area contributed by atoms with Crippen molar-refractivity contribution in [3.63, 3.8) is 0 Å². The number of rotatable bonds is 3. The van der Waals surface area contributed by atoms with Crippen LogP contribution in [0.2, 0.25) is 0 Å². The first-order valence-corrected chi connectivity index (χ1v) is 2.77. The van der Waals surface area contributed by atoms with E-state index in [1.165, 1.54) is 0 Å². The smallest absolute Gasteiger partial charge is 0.307 e. The third-order valence-corrected chi connectivity index (χ3v) is 0.732. The Morgan fingerprint density at radius 3 is 2.67 bits per heavy atom. The van der Waals surface area contributed by atoms with Crippen LogP contribution in [-0.4, -0.2) is 11.1 Å². The van der Waals surface area contributed by atoms with Crippen molar-refractivity contribution in [1.82, 2.24) is 0 Å². The fourth-order valence-electron chi connectivity index (χ4n) is 0.359. The minimum atomic E-state index is -0.796. The molecule has 0 aromatic heterocycles. The molecule has 0 heterocycles. The largest absolute Gasteiger partial charge is 0.481 e. The summed E-state index contributed by atoms with van der Waals surface area (Å²) in [5.74, 6) is -0.796. The highest BCUT2D eigenvalue weighted by molar-refractivity contribution is 5.68. The maximum atomic E-state index is 9.89. The molecule has 9 heavy (non-hydrogen) atoms. The van der Waals surface area contributed by atoms with Gasteiger partial charge in [0.2, 0.25) is 0 Å². The zero-order chi connectivity index (χ0) is 7.11. The number of carboxylic acid groups (broad SMARTS) is 1. The molecule has 2 nitrogen and oxygen atoms in total. The molecule has 0 aromatic carbocycles. The van der Waals surface area contributed by atoms with E-state index in [1.54, 1.807) is 18.2 Å². The normalized spacial score (nSPS) is 11.2. The van der Waals surface area contributed by atoms with Crippen LogP contribution in [0.3, 0.4) is 0 Å². The molecule has 50 valence electrons. The average Bonchev–Trinajstić information content (AvgIpc) is 1.80. The first-order valence-electron chi connectivity index (χ1n) is 2.77. The van der Waals surface area contributed by atoms with Gasteiger partial charge in [0, 0.05) is 0 Å². The summed E-state index contributed by atoms with van der Waals surface area (Å²) >= 11 is 0. The Labute approximate surface area is 54.5 Å². The Bertz CT molecular complexity index is 134. The summed E-state index contributed by atoms with van der Waals surface area (Å²) < 4.78 is 0. The molecule has 0 unspecified atom stereocenters. The van der Waals surface area contributed by atoms with Crippen LogP contribution in [0.1, 0.15) is 13.3 Å². The van der Waals surface area contributed by atoms with Gasteiger partial charge in [0.1, 0.15) is 0 Å². The van der Waals surface area contributed by atoms with Crippen molar-refractivity contribution in [3.05, 3.63) is 24.3 Å². The second kappa shape index (κ2) is 5.09. The number of carboxylic acids is 1. The molecule has 0 bridgehead atoms. The Morgan fingerprint density at radius 1 is 1.56 bits per heavy atom. The molecule has 0 spiro atoms. The van der Waals surface area contributed by atoms with E-state index in [0.29, 0.717) is 0 Å². The van der Waals surface area contributed by atoms with Crippen molar-refractivity contribution >= 4 is 5.97 Å². The zero-order valence-electron chi connectivity index (χ0n) is 5.37. The van der Waals surface area contributed by atoms with Crippen LogP contribution in [0, 0.1) is 0 Å². The van der Waals surface area contributed by atoms with Gasteiger partial charge in [0.25, 0.3) is 0 Å². The fourth-order valence-corrected chi connectivity index (χ4v) is 0.359. The molecule has 0 rings (SSSR count). The molecule has 0 saturated heterocycles. The number of hydrogen-bond acceptors (Lipinski definition) is 1. The quantitative estimate of drug-likeness (QED) is 0.583. The van der Waals surface area contributed by atoms with E-state index in [4.69, 9.17) is 5.11 Å². The van der Waals surface area contributed by atoms with E-state index in [9.17, 15) is 4.79 Å². The molecule has 0 aromatic rings. The van der Waals surface area contributed by atoms with Crippen LogP contribution in [-0.2, 0) is 4.79 Å². The summed E-state index contributed by atoms with van der Waals surface area (Å²) in [6, 6.07) is 0. The van der Waals surface area contributed by atoms with E-state index in [2.05, 4.69) is 0 Å². The number of allylic oxidation sites excluding steroid dienone is 3. The average molecular weight is 126 g/mol. The molecule has 0 amide bonds. The van der Waals surface area contributed by atoms with Gasteiger partial charge in [-0.25, -0.2) is 0 Å². The predicted molar refractivity (Wildman–Crippen MR) is 36.2 cm³/mol. The molecule has 0 saturated carbocycles. The van der Waals surface area contributed by atoms with Gasteiger partial charge < -0.3 is 5.11 Å². The van der Waals surface area contributed by atoms with Crippen molar-refractivity contribution < 1.29 is 9.90 Å². The second-order valence-electron chi connectivity index (χ2n) is 1.55. The maximum absolute atomic E-state index is 9.89. The number of aliphatic carboxylic acids is 1. The Morgan fingerprint density at radius 2 is 2.22 bits per heavy atom. The third kappa shape index (κ3) is 6.95. The molecular weight excluding hydrogens is 116 g/mol. The van der Waals surface area contributed by atoms with Crippen LogP contribution in [0.4, 0.5) is 0 Å². The van der Waals surface area contributed by atoms with Crippen molar-refractivity contribution in [2.24, 2.45) is 0 Å². The van der Waals surface area contributed by atoms with Crippen molar-refractivity contribution in [2.75, 3.05) is 0 Å². The molecule has 0 fully saturated rings. The summed E-state index contributed by atoms with van der Waals surface area (Å²) in [6.45, 7) is 1.88. The van der Waals surface area contributed by atoms with E-state index < -0.39 is 5.97 Å². The SMILES string of the molecule is C/C=C\C=C\CC(=O)O. The molecule has 0 aliphatic heterocycles. The minimum Gasteiger partial charge on any atom is -0.481 e. The summed E-state index contributed by atoms with van der Waals surface area (Å²) in [5.41, 5.74) is 0. The molecule has 1 N–H and O–H groups in total. The lowest BCUT2D eigenvalue weighted by Gasteiger charge is -1.78.